The van der Waals surface area contributed by atoms with Crippen LogP contribution in [0.3, 0.4) is 0 Å². The van der Waals surface area contributed by atoms with E-state index >= 15 is 0 Å². The fourth-order valence-electron chi connectivity index (χ4n) is 2.24. The average Bonchev–Trinajstić information content (AvgIpc) is 2.78. The molecule has 1 aromatic rings. The van der Waals surface area contributed by atoms with Crippen LogP contribution >= 0.6 is 0 Å². The molecule has 0 saturated heterocycles. The van der Waals surface area contributed by atoms with Crippen molar-refractivity contribution in [3.05, 3.63) is 17.0 Å². The summed E-state index contributed by atoms with van der Waals surface area (Å²) in [4.78, 5) is 12.1. The van der Waals surface area contributed by atoms with Crippen molar-refractivity contribution in [1.29, 1.82) is 0 Å². The molecular weight excluding hydrogens is 244 g/mol. The zero-order valence-corrected chi connectivity index (χ0v) is 12.2. The minimum absolute atomic E-state index is 0.217. The lowest BCUT2D eigenvalue weighted by atomic mass is 9.96. The molecule has 1 amide bonds. The van der Waals surface area contributed by atoms with Crippen molar-refractivity contribution in [2.24, 2.45) is 5.92 Å². The highest BCUT2D eigenvalue weighted by Gasteiger charge is 2.21. The molecule has 0 spiro atoms. The number of amides is 1. The zero-order chi connectivity index (χ0) is 14.4. The summed E-state index contributed by atoms with van der Waals surface area (Å²) in [7, 11) is 0. The van der Waals surface area contributed by atoms with Crippen molar-refractivity contribution in [2.75, 3.05) is 6.54 Å². The first kappa shape index (κ1) is 15.7. The molecule has 5 heteroatoms. The second-order valence-corrected chi connectivity index (χ2v) is 4.77. The Kier molecular flexibility index (Phi) is 6.02. The van der Waals surface area contributed by atoms with E-state index in [-0.39, 0.29) is 18.4 Å². The van der Waals surface area contributed by atoms with E-state index < -0.39 is 6.10 Å². The number of hydrogen-bond acceptors (Lipinski definition) is 4. The van der Waals surface area contributed by atoms with E-state index in [1.165, 1.54) is 0 Å². The molecule has 0 bridgehead atoms. The Morgan fingerprint density at radius 2 is 2.00 bits per heavy atom. The lowest BCUT2D eigenvalue weighted by molar-refractivity contribution is 0.0815. The summed E-state index contributed by atoms with van der Waals surface area (Å²) in [5.74, 6) is 0.515. The molecule has 19 heavy (non-hydrogen) atoms. The number of aryl methyl sites for hydroxylation is 2. The molecule has 108 valence electrons. The van der Waals surface area contributed by atoms with Gasteiger partial charge in [0.1, 0.15) is 11.3 Å². The Hall–Kier alpha value is -1.36. The van der Waals surface area contributed by atoms with Gasteiger partial charge in [-0.15, -0.1) is 0 Å². The van der Waals surface area contributed by atoms with Crippen LogP contribution in [-0.4, -0.2) is 28.8 Å². The van der Waals surface area contributed by atoms with Gasteiger partial charge in [0, 0.05) is 6.54 Å². The van der Waals surface area contributed by atoms with E-state index in [0.717, 1.165) is 12.8 Å². The van der Waals surface area contributed by atoms with Gasteiger partial charge in [0.05, 0.1) is 11.8 Å². The Morgan fingerprint density at radius 1 is 1.37 bits per heavy atom. The maximum Gasteiger partial charge on any atom is 0.256 e. The first-order chi connectivity index (χ1) is 9.04. The lowest BCUT2D eigenvalue weighted by Gasteiger charge is -2.20. The molecule has 1 aromatic heterocycles. The maximum absolute atomic E-state index is 12.1. The number of aliphatic hydroxyl groups is 1. The largest absolute Gasteiger partial charge is 0.391 e. The second-order valence-electron chi connectivity index (χ2n) is 4.77. The van der Waals surface area contributed by atoms with Crippen molar-refractivity contribution in [1.82, 2.24) is 10.5 Å². The summed E-state index contributed by atoms with van der Waals surface area (Å²) in [5, 5.41) is 16.6. The summed E-state index contributed by atoms with van der Waals surface area (Å²) in [6, 6.07) is 0. The van der Waals surface area contributed by atoms with Gasteiger partial charge >= 0.3 is 0 Å². The van der Waals surface area contributed by atoms with Crippen molar-refractivity contribution in [2.45, 2.75) is 53.1 Å². The molecule has 1 rings (SSSR count). The maximum atomic E-state index is 12.1. The molecule has 0 unspecified atom stereocenters. The third-order valence-corrected chi connectivity index (χ3v) is 3.56. The molecule has 5 nitrogen and oxygen atoms in total. The quantitative estimate of drug-likeness (QED) is 0.794. The molecule has 2 N–H and O–H groups in total. The first-order valence-corrected chi connectivity index (χ1v) is 6.96. The predicted molar refractivity (Wildman–Crippen MR) is 73.0 cm³/mol. The topological polar surface area (TPSA) is 75.4 Å². The monoisotopic (exact) mass is 268 g/mol. The van der Waals surface area contributed by atoms with Gasteiger partial charge in [-0.25, -0.2) is 0 Å². The molecular formula is C14H24N2O3. The highest BCUT2D eigenvalue weighted by Crippen LogP contribution is 2.15. The standard InChI is InChI=1S/C14H24N2O3/c1-5-10(6-2)12(17)8-15-14(18)13-9(4)19-16-11(13)7-3/h10,12,17H,5-8H2,1-4H3,(H,15,18)/t12-/m0/s1. The van der Waals surface area contributed by atoms with Crippen LogP contribution in [0.2, 0.25) is 0 Å². The third kappa shape index (κ3) is 3.80. The molecule has 0 radical (unpaired) electrons. The predicted octanol–water partition coefficient (Wildman–Crippen LogP) is 2.07. The van der Waals surface area contributed by atoms with E-state index in [2.05, 4.69) is 10.5 Å². The minimum atomic E-state index is -0.510. The number of hydrogen-bond donors (Lipinski definition) is 2. The van der Waals surface area contributed by atoms with Gasteiger partial charge in [0.2, 0.25) is 0 Å². The fraction of sp³-hybridized carbons (Fsp3) is 0.714. The summed E-state index contributed by atoms with van der Waals surface area (Å²) in [5.41, 5.74) is 1.16. The van der Waals surface area contributed by atoms with E-state index in [9.17, 15) is 9.90 Å². The highest BCUT2D eigenvalue weighted by atomic mass is 16.5. The van der Waals surface area contributed by atoms with Crippen LogP contribution in [0.25, 0.3) is 0 Å². The molecule has 0 fully saturated rings. The summed E-state index contributed by atoms with van der Waals surface area (Å²) < 4.78 is 5.03. The SMILES string of the molecule is CCc1noc(C)c1C(=O)NC[C@H](O)C(CC)CC. The third-order valence-electron chi connectivity index (χ3n) is 3.56. The molecule has 0 saturated carbocycles. The number of nitrogens with one attached hydrogen (secondary N) is 1. The van der Waals surface area contributed by atoms with Crippen molar-refractivity contribution in [3.63, 3.8) is 0 Å². The lowest BCUT2D eigenvalue weighted by Crippen LogP contribution is -2.36. The zero-order valence-electron chi connectivity index (χ0n) is 12.2. The van der Waals surface area contributed by atoms with E-state index in [1.54, 1.807) is 6.92 Å². The molecule has 0 aliphatic rings. The van der Waals surface area contributed by atoms with Gasteiger partial charge in [-0.1, -0.05) is 38.8 Å². The Labute approximate surface area is 114 Å². The molecule has 1 heterocycles. The number of nitrogens with zero attached hydrogens (tertiary/aromatic N) is 1. The minimum Gasteiger partial charge on any atom is -0.391 e. The van der Waals surface area contributed by atoms with Crippen LogP contribution in [-0.2, 0) is 6.42 Å². The van der Waals surface area contributed by atoms with Gasteiger partial charge < -0.3 is 14.9 Å². The van der Waals surface area contributed by atoms with E-state index in [4.69, 9.17) is 4.52 Å². The van der Waals surface area contributed by atoms with Gasteiger partial charge in [0.25, 0.3) is 5.91 Å². The number of carbonyl (C=O) groups excluding carboxylic acids is 1. The molecule has 0 aromatic carbocycles. The molecule has 0 aliphatic carbocycles. The van der Waals surface area contributed by atoms with Crippen LogP contribution in [0.4, 0.5) is 0 Å². The first-order valence-electron chi connectivity index (χ1n) is 6.96. The van der Waals surface area contributed by atoms with Crippen molar-refractivity contribution >= 4 is 5.91 Å². The summed E-state index contributed by atoms with van der Waals surface area (Å²) in [6.07, 6.45) is 1.94. The van der Waals surface area contributed by atoms with Crippen LogP contribution < -0.4 is 5.32 Å². The smallest absolute Gasteiger partial charge is 0.256 e. The van der Waals surface area contributed by atoms with Crippen molar-refractivity contribution < 1.29 is 14.4 Å². The number of aromatic nitrogens is 1. The van der Waals surface area contributed by atoms with E-state index in [1.807, 2.05) is 20.8 Å². The second kappa shape index (κ2) is 7.28. The summed E-state index contributed by atoms with van der Waals surface area (Å²) >= 11 is 0. The molecule has 0 aliphatic heterocycles. The summed E-state index contributed by atoms with van der Waals surface area (Å²) in [6.45, 7) is 7.99. The van der Waals surface area contributed by atoms with Crippen LogP contribution in [0.15, 0.2) is 4.52 Å². The Bertz CT molecular complexity index is 411. The van der Waals surface area contributed by atoms with Crippen LogP contribution in [0.5, 0.6) is 0 Å². The fourth-order valence-corrected chi connectivity index (χ4v) is 2.24. The highest BCUT2D eigenvalue weighted by molar-refractivity contribution is 5.96. The average molecular weight is 268 g/mol. The van der Waals surface area contributed by atoms with Gasteiger partial charge in [-0.05, 0) is 19.3 Å². The van der Waals surface area contributed by atoms with Gasteiger partial charge in [-0.3, -0.25) is 4.79 Å². The van der Waals surface area contributed by atoms with Gasteiger partial charge in [-0.2, -0.15) is 0 Å². The van der Waals surface area contributed by atoms with Crippen LogP contribution in [0.1, 0.15) is 55.4 Å². The number of rotatable bonds is 7. The normalized spacial score (nSPS) is 12.7. The van der Waals surface area contributed by atoms with Crippen LogP contribution in [0, 0.1) is 12.8 Å². The number of carbonyl (C=O) groups is 1. The Morgan fingerprint density at radius 3 is 2.53 bits per heavy atom. The van der Waals surface area contributed by atoms with Gasteiger partial charge in [0.15, 0.2) is 0 Å². The van der Waals surface area contributed by atoms with E-state index in [0.29, 0.717) is 23.4 Å². The Balaban J connectivity index is 2.63. The molecule has 1 atom stereocenters. The number of aliphatic hydroxyl groups excluding tert-OH is 1. The van der Waals surface area contributed by atoms with Crippen molar-refractivity contribution in [3.8, 4) is 0 Å².